The maximum absolute atomic E-state index is 12.9. The highest BCUT2D eigenvalue weighted by molar-refractivity contribution is 5.76. The number of hydrogen-bond donors (Lipinski definition) is 1. The summed E-state index contributed by atoms with van der Waals surface area (Å²) in [6, 6.07) is 8.18. The van der Waals surface area contributed by atoms with E-state index in [9.17, 15) is 9.90 Å². The van der Waals surface area contributed by atoms with Gasteiger partial charge in [0.25, 0.3) is 0 Å². The number of nitrogens with zero attached hydrogens (tertiary/aromatic N) is 2. The third kappa shape index (κ3) is 3.52. The predicted octanol–water partition coefficient (Wildman–Crippen LogP) is 3.10. The van der Waals surface area contributed by atoms with E-state index in [0.717, 1.165) is 51.2 Å². The molecule has 6 atom stereocenters. The summed E-state index contributed by atoms with van der Waals surface area (Å²) in [5, 5.41) is 11.6. The molecule has 6 heteroatoms. The fourth-order valence-corrected chi connectivity index (χ4v) is 6.55. The SMILES string of the molecule is COc1cccc(N2CCN(C[C@H]3C(=O)O[C@@H]4CC5=CCC[C@@H](C)[C@@]5(C)[C@@H](O)[C@H]43)CC2)c1. The standard InChI is InChI=1S/C26H36N2O4/c1-17-6-4-7-18-14-22-23(24(29)26(17,18)2)21(25(30)32-22)16-27-10-12-28(13-11-27)19-8-5-9-20(15-19)31-3/h5,7-9,15,17,21-24,29H,4,6,10-14,16H2,1-3H3/t17-,21-,22-,23+,24+,26-/m1/s1. The van der Waals surface area contributed by atoms with Gasteiger partial charge in [0.1, 0.15) is 11.9 Å². The quantitative estimate of drug-likeness (QED) is 0.574. The van der Waals surface area contributed by atoms with Crippen LogP contribution in [-0.4, -0.2) is 68.0 Å². The second-order valence-corrected chi connectivity index (χ2v) is 10.3. The summed E-state index contributed by atoms with van der Waals surface area (Å²) in [6.07, 6.45) is 4.53. The van der Waals surface area contributed by atoms with E-state index in [4.69, 9.17) is 9.47 Å². The number of aliphatic hydroxyl groups is 1. The summed E-state index contributed by atoms with van der Waals surface area (Å²) >= 11 is 0. The molecule has 1 aromatic rings. The molecule has 32 heavy (non-hydrogen) atoms. The van der Waals surface area contributed by atoms with Crippen molar-refractivity contribution in [1.29, 1.82) is 0 Å². The van der Waals surface area contributed by atoms with Gasteiger partial charge in [-0.3, -0.25) is 9.69 Å². The number of fused-ring (bicyclic) bond motifs is 2. The van der Waals surface area contributed by atoms with Gasteiger partial charge in [-0.05, 0) is 30.9 Å². The zero-order chi connectivity index (χ0) is 22.5. The molecular weight excluding hydrogens is 404 g/mol. The monoisotopic (exact) mass is 440 g/mol. The lowest BCUT2D eigenvalue weighted by atomic mass is 9.55. The second kappa shape index (κ2) is 8.38. The zero-order valence-corrected chi connectivity index (χ0v) is 19.5. The minimum atomic E-state index is -0.530. The van der Waals surface area contributed by atoms with E-state index in [1.807, 2.05) is 12.1 Å². The van der Waals surface area contributed by atoms with Crippen LogP contribution >= 0.6 is 0 Å². The fourth-order valence-electron chi connectivity index (χ4n) is 6.55. The molecular formula is C26H36N2O4. The molecule has 3 fully saturated rings. The number of anilines is 1. The van der Waals surface area contributed by atoms with Gasteiger partial charge in [0, 0.05) is 62.2 Å². The van der Waals surface area contributed by atoms with Crippen molar-refractivity contribution in [1.82, 2.24) is 4.90 Å². The first-order valence-electron chi connectivity index (χ1n) is 12.1. The Morgan fingerprint density at radius 3 is 2.78 bits per heavy atom. The number of esters is 1. The van der Waals surface area contributed by atoms with Gasteiger partial charge in [-0.15, -0.1) is 0 Å². The van der Waals surface area contributed by atoms with Crippen LogP contribution in [0.3, 0.4) is 0 Å². The number of methoxy groups -OCH3 is 1. The van der Waals surface area contributed by atoms with Crippen LogP contribution in [0.25, 0.3) is 0 Å². The maximum atomic E-state index is 12.9. The molecule has 0 unspecified atom stereocenters. The molecule has 0 bridgehead atoms. The van der Waals surface area contributed by atoms with E-state index < -0.39 is 6.10 Å². The smallest absolute Gasteiger partial charge is 0.311 e. The molecule has 2 aliphatic heterocycles. The van der Waals surface area contributed by atoms with Crippen molar-refractivity contribution in [3.05, 3.63) is 35.9 Å². The minimum absolute atomic E-state index is 0.110. The van der Waals surface area contributed by atoms with Crippen molar-refractivity contribution in [3.8, 4) is 5.75 Å². The Bertz CT molecular complexity index is 894. The summed E-state index contributed by atoms with van der Waals surface area (Å²) in [5.74, 6) is 0.813. The van der Waals surface area contributed by atoms with E-state index in [-0.39, 0.29) is 29.3 Å². The Morgan fingerprint density at radius 2 is 2.03 bits per heavy atom. The molecule has 0 spiro atoms. The summed E-state index contributed by atoms with van der Waals surface area (Å²) in [5.41, 5.74) is 2.23. The number of benzene rings is 1. The van der Waals surface area contributed by atoms with Crippen LogP contribution in [0, 0.1) is 23.2 Å². The molecule has 2 heterocycles. The van der Waals surface area contributed by atoms with E-state index in [2.05, 4.69) is 41.9 Å². The van der Waals surface area contributed by atoms with Crippen molar-refractivity contribution < 1.29 is 19.4 Å². The van der Waals surface area contributed by atoms with Gasteiger partial charge in [-0.1, -0.05) is 31.6 Å². The normalized spacial score (nSPS) is 37.4. The molecule has 4 aliphatic rings. The average molecular weight is 441 g/mol. The zero-order valence-electron chi connectivity index (χ0n) is 19.5. The lowest BCUT2D eigenvalue weighted by molar-refractivity contribution is -0.145. The lowest BCUT2D eigenvalue weighted by Gasteiger charge is -2.52. The Morgan fingerprint density at radius 1 is 1.25 bits per heavy atom. The predicted molar refractivity (Wildman–Crippen MR) is 124 cm³/mol. The Balaban J connectivity index is 1.26. The number of hydrogen-bond acceptors (Lipinski definition) is 6. The molecule has 2 saturated heterocycles. The Hall–Kier alpha value is -2.05. The maximum Gasteiger partial charge on any atom is 0.311 e. The second-order valence-electron chi connectivity index (χ2n) is 10.3. The van der Waals surface area contributed by atoms with Gasteiger partial charge in [0.2, 0.25) is 0 Å². The largest absolute Gasteiger partial charge is 0.497 e. The summed E-state index contributed by atoms with van der Waals surface area (Å²) in [6.45, 7) is 8.74. The highest BCUT2D eigenvalue weighted by Gasteiger charge is 2.59. The summed E-state index contributed by atoms with van der Waals surface area (Å²) < 4.78 is 11.2. The van der Waals surface area contributed by atoms with E-state index in [1.165, 1.54) is 11.3 Å². The number of carbonyl (C=O) groups excluding carboxylic acids is 1. The van der Waals surface area contributed by atoms with E-state index in [0.29, 0.717) is 12.5 Å². The molecule has 1 saturated carbocycles. The molecule has 6 nitrogen and oxygen atoms in total. The number of allylic oxidation sites excluding steroid dienone is 1. The van der Waals surface area contributed by atoms with Crippen molar-refractivity contribution in [3.63, 3.8) is 0 Å². The highest BCUT2D eigenvalue weighted by Crippen LogP contribution is 2.56. The van der Waals surface area contributed by atoms with Crippen LogP contribution < -0.4 is 9.64 Å². The van der Waals surface area contributed by atoms with Crippen molar-refractivity contribution >= 4 is 11.7 Å². The van der Waals surface area contributed by atoms with Gasteiger partial charge in [-0.2, -0.15) is 0 Å². The van der Waals surface area contributed by atoms with Gasteiger partial charge in [-0.25, -0.2) is 0 Å². The first-order valence-corrected chi connectivity index (χ1v) is 12.1. The third-order valence-corrected chi connectivity index (χ3v) is 8.82. The van der Waals surface area contributed by atoms with Crippen LogP contribution in [0.1, 0.15) is 33.1 Å². The number of rotatable bonds is 4. The molecule has 5 rings (SSSR count). The summed E-state index contributed by atoms with van der Waals surface area (Å²) in [4.78, 5) is 17.6. The topological polar surface area (TPSA) is 62.2 Å². The molecule has 0 radical (unpaired) electrons. The van der Waals surface area contributed by atoms with Crippen LogP contribution in [0.5, 0.6) is 5.75 Å². The first kappa shape index (κ1) is 21.8. The fraction of sp³-hybridized carbons (Fsp3) is 0.654. The molecule has 0 amide bonds. The van der Waals surface area contributed by atoms with Crippen LogP contribution in [0.4, 0.5) is 5.69 Å². The molecule has 1 N–H and O–H groups in total. The van der Waals surface area contributed by atoms with Crippen molar-refractivity contribution in [2.24, 2.45) is 23.2 Å². The average Bonchev–Trinajstić information content (AvgIpc) is 3.11. The van der Waals surface area contributed by atoms with Crippen LogP contribution in [0.2, 0.25) is 0 Å². The van der Waals surface area contributed by atoms with Gasteiger partial charge >= 0.3 is 5.97 Å². The molecule has 1 aromatic carbocycles. The Kier molecular flexibility index (Phi) is 5.70. The molecule has 0 aromatic heterocycles. The minimum Gasteiger partial charge on any atom is -0.497 e. The third-order valence-electron chi connectivity index (χ3n) is 8.82. The first-order chi connectivity index (χ1) is 15.4. The molecule has 2 aliphatic carbocycles. The van der Waals surface area contributed by atoms with Crippen LogP contribution in [0.15, 0.2) is 35.9 Å². The molecule has 174 valence electrons. The van der Waals surface area contributed by atoms with Crippen LogP contribution in [-0.2, 0) is 9.53 Å². The summed E-state index contributed by atoms with van der Waals surface area (Å²) in [7, 11) is 1.69. The van der Waals surface area contributed by atoms with E-state index in [1.54, 1.807) is 7.11 Å². The number of carbonyl (C=O) groups is 1. The number of ether oxygens (including phenoxy) is 2. The van der Waals surface area contributed by atoms with Crippen molar-refractivity contribution in [2.75, 3.05) is 44.7 Å². The van der Waals surface area contributed by atoms with Gasteiger partial charge in [0.15, 0.2) is 0 Å². The number of aliphatic hydroxyl groups excluding tert-OH is 1. The van der Waals surface area contributed by atoms with Gasteiger partial charge < -0.3 is 19.5 Å². The van der Waals surface area contributed by atoms with Gasteiger partial charge in [0.05, 0.1) is 19.1 Å². The Labute approximate surface area is 191 Å². The highest BCUT2D eigenvalue weighted by atomic mass is 16.6. The lowest BCUT2D eigenvalue weighted by Crippen LogP contribution is -2.55. The van der Waals surface area contributed by atoms with Crippen molar-refractivity contribution in [2.45, 2.75) is 45.3 Å². The number of piperazine rings is 1. The van der Waals surface area contributed by atoms with E-state index >= 15 is 0 Å².